The SMILES string of the molecule is CCC(C)C(NC(=O)C(CC(=O)O)NC(=O)C(N)CC(=O)O)C(=O)NC(C(=O)O)C(C)O. The van der Waals surface area contributed by atoms with Gasteiger partial charge in [0.05, 0.1) is 25.0 Å². The van der Waals surface area contributed by atoms with E-state index in [0.29, 0.717) is 6.42 Å². The van der Waals surface area contributed by atoms with Crippen molar-refractivity contribution in [3.8, 4) is 0 Å². The highest BCUT2D eigenvalue weighted by Crippen LogP contribution is 2.10. The minimum absolute atomic E-state index is 0.351. The molecule has 0 aromatic heterocycles. The van der Waals surface area contributed by atoms with E-state index in [-0.39, 0.29) is 0 Å². The smallest absolute Gasteiger partial charge is 0.328 e. The third-order valence-electron chi connectivity index (χ3n) is 4.58. The summed E-state index contributed by atoms with van der Waals surface area (Å²) < 4.78 is 0. The van der Waals surface area contributed by atoms with Gasteiger partial charge in [-0.2, -0.15) is 0 Å². The van der Waals surface area contributed by atoms with E-state index >= 15 is 0 Å². The minimum atomic E-state index is -1.69. The Morgan fingerprint density at radius 2 is 1.28 bits per heavy atom. The lowest BCUT2D eigenvalue weighted by atomic mass is 9.97. The Kier molecular flexibility index (Phi) is 11.9. The van der Waals surface area contributed by atoms with Crippen molar-refractivity contribution in [3.63, 3.8) is 0 Å². The molecule has 6 unspecified atom stereocenters. The van der Waals surface area contributed by atoms with Crippen molar-refractivity contribution in [2.75, 3.05) is 0 Å². The molecule has 0 aromatic rings. The molecule has 32 heavy (non-hydrogen) atoms. The number of aliphatic hydroxyl groups excluding tert-OH is 1. The fourth-order valence-corrected chi connectivity index (χ4v) is 2.53. The maximum absolute atomic E-state index is 12.7. The fraction of sp³-hybridized carbons (Fsp3) is 0.667. The molecule has 0 bridgehead atoms. The summed E-state index contributed by atoms with van der Waals surface area (Å²) in [5.74, 6) is -8.01. The van der Waals surface area contributed by atoms with Crippen molar-refractivity contribution >= 4 is 35.6 Å². The third kappa shape index (κ3) is 9.70. The molecule has 0 saturated heterocycles. The van der Waals surface area contributed by atoms with Gasteiger partial charge in [-0.05, 0) is 12.8 Å². The van der Waals surface area contributed by atoms with Gasteiger partial charge in [-0.15, -0.1) is 0 Å². The minimum Gasteiger partial charge on any atom is -0.481 e. The molecule has 0 aliphatic heterocycles. The number of hydrogen-bond acceptors (Lipinski definition) is 8. The summed E-state index contributed by atoms with van der Waals surface area (Å²) in [5.41, 5.74) is 5.41. The van der Waals surface area contributed by atoms with Crippen LogP contribution in [0.1, 0.15) is 40.0 Å². The van der Waals surface area contributed by atoms with Gasteiger partial charge in [0.15, 0.2) is 6.04 Å². The van der Waals surface area contributed by atoms with E-state index in [4.69, 9.17) is 21.1 Å². The lowest BCUT2D eigenvalue weighted by molar-refractivity contribution is -0.146. The number of carboxylic acids is 3. The number of carbonyl (C=O) groups is 6. The van der Waals surface area contributed by atoms with Crippen molar-refractivity contribution in [2.24, 2.45) is 11.7 Å². The number of amides is 3. The number of aliphatic carboxylic acids is 3. The van der Waals surface area contributed by atoms with Crippen molar-refractivity contribution in [1.29, 1.82) is 0 Å². The quantitative estimate of drug-likeness (QED) is 0.131. The van der Waals surface area contributed by atoms with Gasteiger partial charge in [0.2, 0.25) is 17.7 Å². The molecule has 0 aliphatic rings. The zero-order chi connectivity index (χ0) is 25.2. The maximum atomic E-state index is 12.7. The summed E-state index contributed by atoms with van der Waals surface area (Å²) in [6, 6.07) is -6.22. The molecule has 14 heteroatoms. The van der Waals surface area contributed by atoms with Crippen LogP contribution in [-0.4, -0.2) is 86.3 Å². The largest absolute Gasteiger partial charge is 0.481 e. The Bertz CT molecular complexity index is 727. The van der Waals surface area contributed by atoms with Crippen LogP contribution in [0, 0.1) is 5.92 Å². The molecule has 0 spiro atoms. The van der Waals surface area contributed by atoms with Crippen LogP contribution < -0.4 is 21.7 Å². The van der Waals surface area contributed by atoms with Crippen LogP contribution in [0.5, 0.6) is 0 Å². The lowest BCUT2D eigenvalue weighted by Gasteiger charge is -2.28. The molecule has 0 radical (unpaired) electrons. The number of hydrogen-bond donors (Lipinski definition) is 8. The topological polar surface area (TPSA) is 245 Å². The normalized spacial score (nSPS) is 16.4. The second-order valence-electron chi connectivity index (χ2n) is 7.30. The van der Waals surface area contributed by atoms with E-state index in [1.165, 1.54) is 0 Å². The van der Waals surface area contributed by atoms with E-state index in [1.54, 1.807) is 13.8 Å². The molecule has 14 nitrogen and oxygen atoms in total. The average Bonchev–Trinajstić information content (AvgIpc) is 2.67. The van der Waals surface area contributed by atoms with E-state index < -0.39 is 84.7 Å². The highest BCUT2D eigenvalue weighted by Gasteiger charge is 2.34. The van der Waals surface area contributed by atoms with Crippen LogP contribution in [0.3, 0.4) is 0 Å². The maximum Gasteiger partial charge on any atom is 0.328 e. The van der Waals surface area contributed by atoms with Gasteiger partial charge in [0.1, 0.15) is 12.1 Å². The standard InChI is InChI=1S/C18H30N4O10/c1-4-7(2)13(17(30)22-14(8(3)23)18(31)32)21-16(29)10(6-12(26)27)20-15(28)9(19)5-11(24)25/h7-10,13-14,23H,4-6,19H2,1-3H3,(H,20,28)(H,21,29)(H,22,30)(H,24,25)(H,26,27)(H,31,32). The summed E-state index contributed by atoms with van der Waals surface area (Å²) in [5, 5.41) is 42.8. The zero-order valence-electron chi connectivity index (χ0n) is 17.9. The van der Waals surface area contributed by atoms with Gasteiger partial charge in [0.25, 0.3) is 0 Å². The lowest BCUT2D eigenvalue weighted by Crippen LogP contribution is -2.60. The molecule has 182 valence electrons. The highest BCUT2D eigenvalue weighted by molar-refractivity contribution is 5.96. The number of nitrogens with two attached hydrogens (primary N) is 1. The number of rotatable bonds is 14. The summed E-state index contributed by atoms with van der Waals surface area (Å²) in [7, 11) is 0. The molecule has 3 amide bonds. The summed E-state index contributed by atoms with van der Waals surface area (Å²) in [6.45, 7) is 4.40. The zero-order valence-corrected chi connectivity index (χ0v) is 17.9. The molecule has 0 fully saturated rings. The molecular weight excluding hydrogens is 432 g/mol. The van der Waals surface area contributed by atoms with Gasteiger partial charge >= 0.3 is 17.9 Å². The Morgan fingerprint density at radius 3 is 1.69 bits per heavy atom. The monoisotopic (exact) mass is 462 g/mol. The van der Waals surface area contributed by atoms with Crippen LogP contribution in [0.25, 0.3) is 0 Å². The molecular formula is C18H30N4O10. The first-order chi connectivity index (χ1) is 14.7. The molecule has 0 heterocycles. The number of nitrogens with one attached hydrogen (secondary N) is 3. The Balaban J connectivity index is 5.59. The first kappa shape index (κ1) is 28.7. The first-order valence-electron chi connectivity index (χ1n) is 9.72. The average molecular weight is 462 g/mol. The second-order valence-corrected chi connectivity index (χ2v) is 7.30. The number of carboxylic acid groups (broad SMARTS) is 3. The van der Waals surface area contributed by atoms with E-state index in [9.17, 15) is 33.9 Å². The molecule has 0 rings (SSSR count). The molecule has 9 N–H and O–H groups in total. The predicted molar refractivity (Wildman–Crippen MR) is 107 cm³/mol. The van der Waals surface area contributed by atoms with Crippen LogP contribution in [0.15, 0.2) is 0 Å². The van der Waals surface area contributed by atoms with Crippen molar-refractivity contribution in [1.82, 2.24) is 16.0 Å². The Labute approximate surface area is 183 Å². The third-order valence-corrected chi connectivity index (χ3v) is 4.58. The molecule has 6 atom stereocenters. The van der Waals surface area contributed by atoms with E-state index in [2.05, 4.69) is 10.6 Å². The molecule has 0 saturated carbocycles. The van der Waals surface area contributed by atoms with Crippen LogP contribution in [0.4, 0.5) is 0 Å². The van der Waals surface area contributed by atoms with Crippen LogP contribution >= 0.6 is 0 Å². The van der Waals surface area contributed by atoms with Crippen LogP contribution in [-0.2, 0) is 28.8 Å². The van der Waals surface area contributed by atoms with E-state index in [1.807, 2.05) is 5.32 Å². The highest BCUT2D eigenvalue weighted by atomic mass is 16.4. The summed E-state index contributed by atoms with van der Waals surface area (Å²) in [4.78, 5) is 70.3. The van der Waals surface area contributed by atoms with Gasteiger partial charge in [-0.1, -0.05) is 20.3 Å². The summed E-state index contributed by atoms with van der Waals surface area (Å²) >= 11 is 0. The molecule has 0 aromatic carbocycles. The van der Waals surface area contributed by atoms with Gasteiger partial charge in [-0.3, -0.25) is 24.0 Å². The van der Waals surface area contributed by atoms with Gasteiger partial charge in [0, 0.05) is 0 Å². The number of aliphatic hydroxyl groups is 1. The fourth-order valence-electron chi connectivity index (χ4n) is 2.53. The Morgan fingerprint density at radius 1 is 0.781 bits per heavy atom. The summed E-state index contributed by atoms with van der Waals surface area (Å²) in [6.07, 6.45) is -2.75. The van der Waals surface area contributed by atoms with Crippen molar-refractivity contribution < 1.29 is 49.2 Å². The van der Waals surface area contributed by atoms with Crippen LogP contribution in [0.2, 0.25) is 0 Å². The van der Waals surface area contributed by atoms with Crippen molar-refractivity contribution in [2.45, 2.75) is 70.3 Å². The second kappa shape index (κ2) is 13.2. The Hall–Kier alpha value is -3.26. The van der Waals surface area contributed by atoms with Crippen molar-refractivity contribution in [3.05, 3.63) is 0 Å². The van der Waals surface area contributed by atoms with Gasteiger partial charge in [-0.25, -0.2) is 4.79 Å². The van der Waals surface area contributed by atoms with Gasteiger partial charge < -0.3 is 42.1 Å². The predicted octanol–water partition coefficient (Wildman–Crippen LogP) is -2.77. The van der Waals surface area contributed by atoms with E-state index in [0.717, 1.165) is 6.92 Å². The first-order valence-corrected chi connectivity index (χ1v) is 9.72. The number of carbonyl (C=O) groups excluding carboxylic acids is 3. The molecule has 0 aliphatic carbocycles.